The third kappa shape index (κ3) is 5.27. The van der Waals surface area contributed by atoms with Crippen LogP contribution in [0.2, 0.25) is 10.2 Å². The molecular weight excluding hydrogens is 496 g/mol. The van der Waals surface area contributed by atoms with Crippen LogP contribution in [-0.4, -0.2) is 34.3 Å². The van der Waals surface area contributed by atoms with Gasteiger partial charge in [-0.2, -0.15) is 13.2 Å². The van der Waals surface area contributed by atoms with Crippen LogP contribution in [0, 0.1) is 0 Å². The number of alkyl halides is 3. The van der Waals surface area contributed by atoms with E-state index in [9.17, 15) is 23.1 Å². The molecule has 6 nitrogen and oxygen atoms in total. The van der Waals surface area contributed by atoms with Crippen LogP contribution in [-0.2, 0) is 16.9 Å². The molecular formula is C23H19Cl2F3N2O4. The number of hydrogen-bond donors (Lipinski definition) is 1. The summed E-state index contributed by atoms with van der Waals surface area (Å²) >= 11 is 12.0. The highest BCUT2D eigenvalue weighted by molar-refractivity contribution is 6.31. The van der Waals surface area contributed by atoms with Crippen molar-refractivity contribution in [2.24, 2.45) is 0 Å². The number of benzene rings is 1. The van der Waals surface area contributed by atoms with Gasteiger partial charge in [-0.25, -0.2) is 9.78 Å². The Morgan fingerprint density at radius 3 is 2.41 bits per heavy atom. The van der Waals surface area contributed by atoms with Gasteiger partial charge in [0.15, 0.2) is 5.60 Å². The lowest BCUT2D eigenvalue weighted by molar-refractivity contribution is -0.274. The summed E-state index contributed by atoms with van der Waals surface area (Å²) in [6, 6.07) is 9.28. The predicted molar refractivity (Wildman–Crippen MR) is 119 cm³/mol. The van der Waals surface area contributed by atoms with Crippen molar-refractivity contribution in [2.75, 3.05) is 7.11 Å². The fourth-order valence-electron chi connectivity index (χ4n) is 3.38. The number of carbonyl (C=O) groups excluding carboxylic acids is 1. The number of esters is 1. The number of nitrogens with zero attached hydrogens (tertiary/aromatic N) is 2. The van der Waals surface area contributed by atoms with E-state index in [1.807, 2.05) is 0 Å². The number of pyridine rings is 2. The van der Waals surface area contributed by atoms with E-state index in [1.165, 1.54) is 44.5 Å². The van der Waals surface area contributed by atoms with Crippen molar-refractivity contribution in [3.05, 3.63) is 87.4 Å². The molecule has 2 aromatic heterocycles. The minimum atomic E-state index is -5.03. The monoisotopic (exact) mass is 514 g/mol. The smallest absolute Gasteiger partial charge is 0.422 e. The molecule has 1 aromatic carbocycles. The first-order valence-corrected chi connectivity index (χ1v) is 10.6. The van der Waals surface area contributed by atoms with Gasteiger partial charge >= 0.3 is 12.1 Å². The number of hydrogen-bond acceptors (Lipinski definition) is 6. The van der Waals surface area contributed by atoms with E-state index >= 15 is 0 Å². The summed E-state index contributed by atoms with van der Waals surface area (Å²) < 4.78 is 52.4. The topological polar surface area (TPSA) is 81.5 Å². The molecule has 0 aliphatic carbocycles. The Labute approximate surface area is 203 Å². The SMILES string of the molecule is COC(=O)c1ccc(COc2ccc(C(C)C(O)(c3ccnc(Cl)c3)C(F)(F)F)c(Cl)c2)nc1. The average Bonchev–Trinajstić information content (AvgIpc) is 2.81. The van der Waals surface area contributed by atoms with Crippen LogP contribution in [0.4, 0.5) is 13.2 Å². The maximum absolute atomic E-state index is 14.1. The average molecular weight is 515 g/mol. The highest BCUT2D eigenvalue weighted by atomic mass is 35.5. The normalized spacial score (nSPS) is 14.2. The number of aliphatic hydroxyl groups is 1. The molecule has 0 saturated carbocycles. The van der Waals surface area contributed by atoms with Crippen molar-refractivity contribution >= 4 is 29.2 Å². The van der Waals surface area contributed by atoms with Crippen molar-refractivity contribution < 1.29 is 32.5 Å². The van der Waals surface area contributed by atoms with Crippen LogP contribution in [0.3, 0.4) is 0 Å². The van der Waals surface area contributed by atoms with Gasteiger partial charge in [0.2, 0.25) is 0 Å². The summed E-state index contributed by atoms with van der Waals surface area (Å²) in [5.74, 6) is -1.73. The first-order valence-electron chi connectivity index (χ1n) is 9.84. The standard InChI is InChI=1S/C23H19Cl2F3N2O4/c1-13(22(32,23(26,27)28)15-7-8-29-20(25)9-15)18-6-5-17(10-19(18)24)34-12-16-4-3-14(11-30-16)21(31)33-2/h3-11,13,32H,12H2,1-2H3. The van der Waals surface area contributed by atoms with Gasteiger partial charge < -0.3 is 14.6 Å². The second kappa shape index (κ2) is 10.2. The van der Waals surface area contributed by atoms with Gasteiger partial charge in [0, 0.05) is 23.3 Å². The maximum Gasteiger partial charge on any atom is 0.422 e. The molecule has 2 heterocycles. The van der Waals surface area contributed by atoms with Gasteiger partial charge in [0.1, 0.15) is 17.5 Å². The van der Waals surface area contributed by atoms with Crippen LogP contribution in [0.5, 0.6) is 5.75 Å². The van der Waals surface area contributed by atoms with E-state index in [2.05, 4.69) is 14.7 Å². The molecule has 11 heteroatoms. The van der Waals surface area contributed by atoms with Gasteiger partial charge in [-0.1, -0.05) is 36.2 Å². The van der Waals surface area contributed by atoms with Crippen molar-refractivity contribution in [1.82, 2.24) is 9.97 Å². The molecule has 0 aliphatic rings. The number of methoxy groups -OCH3 is 1. The molecule has 0 amide bonds. The summed E-state index contributed by atoms with van der Waals surface area (Å²) in [7, 11) is 1.26. The molecule has 1 N–H and O–H groups in total. The van der Waals surface area contributed by atoms with Crippen molar-refractivity contribution in [2.45, 2.75) is 31.2 Å². The van der Waals surface area contributed by atoms with Crippen LogP contribution >= 0.6 is 23.2 Å². The van der Waals surface area contributed by atoms with Crippen LogP contribution in [0.1, 0.15) is 40.0 Å². The van der Waals surface area contributed by atoms with E-state index in [1.54, 1.807) is 6.07 Å². The van der Waals surface area contributed by atoms with E-state index in [0.717, 1.165) is 18.3 Å². The summed E-state index contributed by atoms with van der Waals surface area (Å²) in [6.45, 7) is 1.24. The molecule has 2 atom stereocenters. The molecule has 0 bridgehead atoms. The molecule has 2 unspecified atom stereocenters. The Morgan fingerprint density at radius 2 is 1.85 bits per heavy atom. The van der Waals surface area contributed by atoms with Crippen LogP contribution in [0.25, 0.3) is 0 Å². The molecule has 0 radical (unpaired) electrons. The van der Waals surface area contributed by atoms with Gasteiger partial charge in [-0.05, 0) is 47.5 Å². The lowest BCUT2D eigenvalue weighted by atomic mass is 9.78. The Balaban J connectivity index is 1.82. The maximum atomic E-state index is 14.1. The van der Waals surface area contributed by atoms with E-state index < -0.39 is 29.2 Å². The Bertz CT molecular complexity index is 1180. The Kier molecular flexibility index (Phi) is 7.70. The second-order valence-corrected chi connectivity index (χ2v) is 8.15. The quantitative estimate of drug-likeness (QED) is 0.321. The highest BCUT2D eigenvalue weighted by Crippen LogP contribution is 2.50. The number of halogens is 5. The third-order valence-electron chi connectivity index (χ3n) is 5.30. The predicted octanol–water partition coefficient (Wildman–Crippen LogP) is 5.70. The lowest BCUT2D eigenvalue weighted by Crippen LogP contribution is -2.46. The lowest BCUT2D eigenvalue weighted by Gasteiger charge is -2.37. The zero-order valence-electron chi connectivity index (χ0n) is 17.9. The molecule has 0 spiro atoms. The minimum Gasteiger partial charge on any atom is -0.487 e. The molecule has 180 valence electrons. The van der Waals surface area contributed by atoms with Gasteiger partial charge in [-0.15, -0.1) is 0 Å². The first kappa shape index (κ1) is 25.7. The molecule has 0 saturated heterocycles. The number of rotatable bonds is 7. The molecule has 0 aliphatic heterocycles. The Hall–Kier alpha value is -2.88. The largest absolute Gasteiger partial charge is 0.487 e. The number of aromatic nitrogens is 2. The molecule has 3 aromatic rings. The first-order chi connectivity index (χ1) is 16.0. The van der Waals surface area contributed by atoms with Gasteiger partial charge in [0.25, 0.3) is 0 Å². The van der Waals surface area contributed by atoms with Gasteiger partial charge in [0.05, 0.1) is 18.4 Å². The van der Waals surface area contributed by atoms with Gasteiger partial charge in [-0.3, -0.25) is 4.98 Å². The van der Waals surface area contributed by atoms with Crippen molar-refractivity contribution in [1.29, 1.82) is 0 Å². The van der Waals surface area contributed by atoms with E-state index in [0.29, 0.717) is 5.69 Å². The van der Waals surface area contributed by atoms with Crippen molar-refractivity contribution in [3.63, 3.8) is 0 Å². The fraction of sp³-hybridized carbons (Fsp3) is 0.261. The summed E-state index contributed by atoms with van der Waals surface area (Å²) in [6.07, 6.45) is -2.60. The Morgan fingerprint density at radius 1 is 1.12 bits per heavy atom. The van der Waals surface area contributed by atoms with E-state index in [4.69, 9.17) is 27.9 Å². The summed E-state index contributed by atoms with van der Waals surface area (Å²) in [5.41, 5.74) is -2.88. The van der Waals surface area contributed by atoms with E-state index in [-0.39, 0.29) is 33.7 Å². The van der Waals surface area contributed by atoms with Crippen LogP contribution in [0.15, 0.2) is 54.9 Å². The fourth-order valence-corrected chi connectivity index (χ4v) is 3.89. The van der Waals surface area contributed by atoms with Crippen LogP contribution < -0.4 is 4.74 Å². The minimum absolute atomic E-state index is 0.0225. The number of carbonyl (C=O) groups is 1. The number of ether oxygens (including phenoxy) is 2. The zero-order valence-corrected chi connectivity index (χ0v) is 19.4. The molecule has 34 heavy (non-hydrogen) atoms. The zero-order chi connectivity index (χ0) is 25.1. The third-order valence-corrected chi connectivity index (χ3v) is 5.83. The second-order valence-electron chi connectivity index (χ2n) is 7.35. The molecule has 3 rings (SSSR count). The summed E-state index contributed by atoms with van der Waals surface area (Å²) in [5, 5.41) is 10.6. The highest BCUT2D eigenvalue weighted by Gasteiger charge is 2.59. The molecule has 0 fully saturated rings. The summed E-state index contributed by atoms with van der Waals surface area (Å²) in [4.78, 5) is 19.2. The van der Waals surface area contributed by atoms with Crippen molar-refractivity contribution in [3.8, 4) is 5.75 Å².